The highest BCUT2D eigenvalue weighted by molar-refractivity contribution is 5.96. The van der Waals surface area contributed by atoms with Crippen LogP contribution in [-0.4, -0.2) is 35.4 Å². The zero-order chi connectivity index (χ0) is 21.7. The minimum atomic E-state index is -0.890. The molecular weight excluding hydrogens is 392 g/mol. The van der Waals surface area contributed by atoms with Gasteiger partial charge in [0.1, 0.15) is 17.2 Å². The van der Waals surface area contributed by atoms with Gasteiger partial charge in [-0.1, -0.05) is 12.1 Å². The Bertz CT molecular complexity index is 1010. The smallest absolute Gasteiger partial charge is 0.273 e. The predicted molar refractivity (Wildman–Crippen MR) is 110 cm³/mol. The molecule has 0 spiro atoms. The first kappa shape index (κ1) is 21.3. The van der Waals surface area contributed by atoms with Crippen molar-refractivity contribution in [1.82, 2.24) is 9.88 Å². The maximum Gasteiger partial charge on any atom is 0.273 e. The fourth-order valence-electron chi connectivity index (χ4n) is 3.11. The van der Waals surface area contributed by atoms with Gasteiger partial charge in [0.2, 0.25) is 11.8 Å². The van der Waals surface area contributed by atoms with Crippen molar-refractivity contribution in [3.63, 3.8) is 0 Å². The van der Waals surface area contributed by atoms with Gasteiger partial charge in [-0.25, -0.2) is 13.8 Å². The van der Waals surface area contributed by atoms with E-state index in [9.17, 15) is 13.6 Å². The molecule has 1 aliphatic rings. The first-order valence-corrected chi connectivity index (χ1v) is 9.49. The lowest BCUT2D eigenvalue weighted by Gasteiger charge is -2.24. The van der Waals surface area contributed by atoms with Crippen molar-refractivity contribution in [1.29, 1.82) is 0 Å². The number of amides is 1. The Morgan fingerprint density at radius 2 is 2.03 bits per heavy atom. The number of carbonyl (C=O) groups is 1. The van der Waals surface area contributed by atoms with Crippen LogP contribution in [0.4, 0.5) is 14.7 Å². The SMILES string of the molecule is CCN(CCN)C1=CC=C(Nc2oc(-c3c(F)cccc3F)nc2C(N)=O)C=CC1. The van der Waals surface area contributed by atoms with E-state index >= 15 is 0 Å². The van der Waals surface area contributed by atoms with Crippen LogP contribution in [-0.2, 0) is 0 Å². The van der Waals surface area contributed by atoms with Crippen LogP contribution < -0.4 is 16.8 Å². The molecule has 1 aromatic heterocycles. The highest BCUT2D eigenvalue weighted by atomic mass is 19.1. The quantitative estimate of drug-likeness (QED) is 0.611. The molecule has 7 nitrogen and oxygen atoms in total. The summed E-state index contributed by atoms with van der Waals surface area (Å²) in [5, 5.41) is 2.92. The molecule has 0 bridgehead atoms. The number of anilines is 1. The van der Waals surface area contributed by atoms with Gasteiger partial charge in [0.05, 0.1) is 0 Å². The Morgan fingerprint density at radius 1 is 1.30 bits per heavy atom. The summed E-state index contributed by atoms with van der Waals surface area (Å²) in [7, 11) is 0. The second-order valence-electron chi connectivity index (χ2n) is 6.54. The number of primary amides is 1. The van der Waals surface area contributed by atoms with Gasteiger partial charge in [0.25, 0.3) is 5.91 Å². The zero-order valence-electron chi connectivity index (χ0n) is 16.5. The first-order valence-electron chi connectivity index (χ1n) is 9.49. The average Bonchev–Trinajstić information content (AvgIpc) is 2.97. The van der Waals surface area contributed by atoms with E-state index < -0.39 is 23.1 Å². The number of benzene rings is 1. The van der Waals surface area contributed by atoms with Crippen LogP contribution >= 0.6 is 0 Å². The number of nitrogens with one attached hydrogen (secondary N) is 1. The minimum absolute atomic E-state index is 0.0952. The van der Waals surface area contributed by atoms with Crippen molar-refractivity contribution < 1.29 is 18.0 Å². The fraction of sp³-hybridized carbons (Fsp3) is 0.238. The summed E-state index contributed by atoms with van der Waals surface area (Å²) >= 11 is 0. The van der Waals surface area contributed by atoms with Crippen molar-refractivity contribution in [2.75, 3.05) is 25.0 Å². The summed E-state index contributed by atoms with van der Waals surface area (Å²) in [5.41, 5.74) is 12.0. The summed E-state index contributed by atoms with van der Waals surface area (Å²) in [4.78, 5) is 17.9. The van der Waals surface area contributed by atoms with E-state index in [1.807, 2.05) is 19.1 Å². The van der Waals surface area contributed by atoms with Crippen molar-refractivity contribution in [3.05, 3.63) is 71.2 Å². The molecule has 0 unspecified atom stereocenters. The van der Waals surface area contributed by atoms with E-state index in [1.165, 1.54) is 6.07 Å². The second kappa shape index (κ2) is 9.36. The molecule has 1 amide bonds. The van der Waals surface area contributed by atoms with E-state index in [0.29, 0.717) is 18.7 Å². The lowest BCUT2D eigenvalue weighted by atomic mass is 10.2. The monoisotopic (exact) mass is 415 g/mol. The highest BCUT2D eigenvalue weighted by Crippen LogP contribution is 2.30. The van der Waals surface area contributed by atoms with Crippen molar-refractivity contribution >= 4 is 11.8 Å². The maximum atomic E-state index is 14.1. The molecule has 9 heteroatoms. The van der Waals surface area contributed by atoms with E-state index in [1.54, 1.807) is 12.2 Å². The number of carbonyl (C=O) groups excluding carboxylic acids is 1. The average molecular weight is 415 g/mol. The Hall–Kier alpha value is -3.46. The molecule has 2 aromatic rings. The Morgan fingerprint density at radius 3 is 2.67 bits per heavy atom. The number of aromatic nitrogens is 1. The molecule has 0 saturated carbocycles. The Kier molecular flexibility index (Phi) is 6.63. The largest absolute Gasteiger partial charge is 0.419 e. The van der Waals surface area contributed by atoms with E-state index in [-0.39, 0.29) is 17.5 Å². The lowest BCUT2D eigenvalue weighted by Crippen LogP contribution is -2.28. The van der Waals surface area contributed by atoms with Gasteiger partial charge in [0.15, 0.2) is 5.69 Å². The molecule has 0 saturated heterocycles. The second-order valence-corrected chi connectivity index (χ2v) is 6.54. The number of likely N-dealkylation sites (N-methyl/N-ethyl adjacent to an activating group) is 1. The molecule has 158 valence electrons. The normalized spacial score (nSPS) is 13.5. The first-order chi connectivity index (χ1) is 14.4. The predicted octanol–water partition coefficient (Wildman–Crippen LogP) is 3.14. The van der Waals surface area contributed by atoms with Crippen LogP contribution in [0.3, 0.4) is 0 Å². The van der Waals surface area contributed by atoms with E-state index in [0.717, 1.165) is 30.9 Å². The Labute approximate surface area is 172 Å². The molecule has 1 heterocycles. The number of hydrogen-bond acceptors (Lipinski definition) is 6. The molecule has 0 aliphatic heterocycles. The summed E-state index contributed by atoms with van der Waals surface area (Å²) in [6, 6.07) is 3.37. The summed E-state index contributed by atoms with van der Waals surface area (Å²) in [6.45, 7) is 4.14. The third-order valence-electron chi connectivity index (χ3n) is 4.56. The highest BCUT2D eigenvalue weighted by Gasteiger charge is 2.23. The number of allylic oxidation sites excluding steroid dienone is 4. The van der Waals surface area contributed by atoms with Crippen LogP contribution in [0.15, 0.2) is 58.3 Å². The van der Waals surface area contributed by atoms with E-state index in [4.69, 9.17) is 15.9 Å². The summed E-state index contributed by atoms with van der Waals surface area (Å²) in [6.07, 6.45) is 8.17. The van der Waals surface area contributed by atoms with Gasteiger partial charge >= 0.3 is 0 Å². The van der Waals surface area contributed by atoms with Gasteiger partial charge in [-0.3, -0.25) is 4.79 Å². The van der Waals surface area contributed by atoms with Crippen molar-refractivity contribution in [3.8, 4) is 11.5 Å². The summed E-state index contributed by atoms with van der Waals surface area (Å²) in [5.74, 6) is -3.09. The van der Waals surface area contributed by atoms with Crippen LogP contribution in [0.2, 0.25) is 0 Å². The number of nitrogens with zero attached hydrogens (tertiary/aromatic N) is 2. The Balaban J connectivity index is 1.93. The fourth-order valence-corrected chi connectivity index (χ4v) is 3.11. The van der Waals surface area contributed by atoms with Crippen molar-refractivity contribution in [2.24, 2.45) is 11.5 Å². The number of hydrogen-bond donors (Lipinski definition) is 3. The van der Waals surface area contributed by atoms with Crippen LogP contribution in [0.5, 0.6) is 0 Å². The number of rotatable bonds is 8. The standard InChI is InChI=1S/C21H23F2N5O2/c1-2-28(12-11-24)14-6-3-5-13(9-10-14)26-21-18(19(25)29)27-20(30-21)17-15(22)7-4-8-16(17)23/h3-5,7-10,26H,2,6,11-12,24H2,1H3,(H2,25,29). The number of oxazole rings is 1. The van der Waals surface area contributed by atoms with Gasteiger partial charge < -0.3 is 26.1 Å². The van der Waals surface area contributed by atoms with Crippen molar-refractivity contribution in [2.45, 2.75) is 13.3 Å². The minimum Gasteiger partial charge on any atom is -0.419 e. The molecule has 0 radical (unpaired) electrons. The molecule has 1 aliphatic carbocycles. The molecule has 3 rings (SSSR count). The lowest BCUT2D eigenvalue weighted by molar-refractivity contribution is 0.0996. The molecule has 0 atom stereocenters. The van der Waals surface area contributed by atoms with Crippen LogP contribution in [0, 0.1) is 11.6 Å². The third kappa shape index (κ3) is 4.57. The number of nitrogens with two attached hydrogens (primary N) is 2. The van der Waals surface area contributed by atoms with E-state index in [2.05, 4.69) is 15.2 Å². The molecule has 1 aromatic carbocycles. The third-order valence-corrected chi connectivity index (χ3v) is 4.56. The van der Waals surface area contributed by atoms with Gasteiger partial charge in [-0.05, 0) is 37.3 Å². The molecular formula is C21H23F2N5O2. The summed E-state index contributed by atoms with van der Waals surface area (Å²) < 4.78 is 33.6. The topological polar surface area (TPSA) is 110 Å². The van der Waals surface area contributed by atoms with Crippen LogP contribution in [0.25, 0.3) is 11.5 Å². The zero-order valence-corrected chi connectivity index (χ0v) is 16.5. The molecule has 5 N–H and O–H groups in total. The van der Waals surface area contributed by atoms with Gasteiger partial charge in [-0.2, -0.15) is 0 Å². The maximum absolute atomic E-state index is 14.1. The van der Waals surface area contributed by atoms with Crippen LogP contribution in [0.1, 0.15) is 23.8 Å². The van der Waals surface area contributed by atoms with Gasteiger partial charge in [-0.15, -0.1) is 0 Å². The molecule has 0 fully saturated rings. The molecule has 30 heavy (non-hydrogen) atoms. The van der Waals surface area contributed by atoms with Gasteiger partial charge in [0, 0.05) is 37.4 Å². The number of halogens is 2.